The van der Waals surface area contributed by atoms with E-state index in [0.29, 0.717) is 19.0 Å². The Hall–Kier alpha value is -2.40. The Labute approximate surface area is 149 Å². The summed E-state index contributed by atoms with van der Waals surface area (Å²) in [4.78, 5) is 20.8. The van der Waals surface area contributed by atoms with E-state index in [-0.39, 0.29) is 5.91 Å². The molecule has 1 aromatic heterocycles. The second kappa shape index (κ2) is 8.62. The Kier molecular flexibility index (Phi) is 6.01. The van der Waals surface area contributed by atoms with Gasteiger partial charge in [-0.05, 0) is 36.6 Å². The summed E-state index contributed by atoms with van der Waals surface area (Å²) in [5.74, 6) is 1.66. The number of carbonyl (C=O) groups is 1. The van der Waals surface area contributed by atoms with Crippen LogP contribution in [-0.2, 0) is 11.3 Å². The molecule has 5 heteroatoms. The van der Waals surface area contributed by atoms with Gasteiger partial charge in [0.1, 0.15) is 5.82 Å². The van der Waals surface area contributed by atoms with Crippen LogP contribution >= 0.6 is 0 Å². The van der Waals surface area contributed by atoms with E-state index in [9.17, 15) is 4.79 Å². The molecule has 1 fully saturated rings. The summed E-state index contributed by atoms with van der Waals surface area (Å²) in [6.45, 7) is 4.02. The fraction of sp³-hybridized carbons (Fsp3) is 0.400. The van der Waals surface area contributed by atoms with E-state index in [1.54, 1.807) is 6.20 Å². The summed E-state index contributed by atoms with van der Waals surface area (Å²) in [5.41, 5.74) is 1.16. The number of rotatable bonds is 7. The number of amides is 1. The molecule has 2 aromatic rings. The molecule has 0 saturated carbocycles. The molecule has 0 bridgehead atoms. The monoisotopic (exact) mass is 338 g/mol. The number of nitrogens with zero attached hydrogens (tertiary/aromatic N) is 3. The minimum Gasteiger partial charge on any atom is -0.370 e. The molecule has 1 aromatic carbocycles. The third-order valence-electron chi connectivity index (χ3n) is 4.65. The number of aromatic nitrogens is 1. The van der Waals surface area contributed by atoms with Gasteiger partial charge in [0.05, 0.1) is 6.54 Å². The van der Waals surface area contributed by atoms with Gasteiger partial charge in [0, 0.05) is 32.9 Å². The van der Waals surface area contributed by atoms with E-state index in [2.05, 4.69) is 27.3 Å². The molecule has 1 aliphatic heterocycles. The molecule has 2 heterocycles. The highest BCUT2D eigenvalue weighted by Gasteiger charge is 2.24. The number of hydrogen-bond acceptors (Lipinski definition) is 4. The Morgan fingerprint density at radius 3 is 2.80 bits per heavy atom. The van der Waals surface area contributed by atoms with E-state index in [1.807, 2.05) is 48.3 Å². The number of pyridine rings is 1. The number of anilines is 1. The van der Waals surface area contributed by atoms with E-state index in [4.69, 9.17) is 0 Å². The van der Waals surface area contributed by atoms with Crippen LogP contribution < -0.4 is 5.32 Å². The Balaban J connectivity index is 1.40. The standard InChI is InChI=1S/C20H26N4O/c1-23(14-17-7-3-2-4-8-17)20(25)16-24-12-10-18(15-24)13-22-19-9-5-6-11-21-19/h2-9,11,18H,10,12-16H2,1H3,(H,21,22). The summed E-state index contributed by atoms with van der Waals surface area (Å²) in [7, 11) is 1.88. The molecule has 1 amide bonds. The van der Waals surface area contributed by atoms with Crippen molar-refractivity contribution in [1.82, 2.24) is 14.8 Å². The lowest BCUT2D eigenvalue weighted by molar-refractivity contribution is -0.131. The molecule has 1 unspecified atom stereocenters. The molecule has 132 valence electrons. The van der Waals surface area contributed by atoms with Crippen LogP contribution in [0.5, 0.6) is 0 Å². The summed E-state index contributed by atoms with van der Waals surface area (Å²) >= 11 is 0. The normalized spacial score (nSPS) is 17.4. The van der Waals surface area contributed by atoms with Gasteiger partial charge in [0.25, 0.3) is 0 Å². The van der Waals surface area contributed by atoms with Crippen molar-refractivity contribution < 1.29 is 4.79 Å². The summed E-state index contributed by atoms with van der Waals surface area (Å²) in [5, 5.41) is 3.38. The zero-order chi connectivity index (χ0) is 17.5. The van der Waals surface area contributed by atoms with Gasteiger partial charge >= 0.3 is 0 Å². The lowest BCUT2D eigenvalue weighted by atomic mass is 10.1. The van der Waals surface area contributed by atoms with Crippen LogP contribution in [0.2, 0.25) is 0 Å². The van der Waals surface area contributed by atoms with Crippen LogP contribution in [0.25, 0.3) is 0 Å². The summed E-state index contributed by atoms with van der Waals surface area (Å²) in [6.07, 6.45) is 2.92. The van der Waals surface area contributed by atoms with Crippen molar-refractivity contribution in [3.63, 3.8) is 0 Å². The predicted octanol–water partition coefficient (Wildman–Crippen LogP) is 2.47. The van der Waals surface area contributed by atoms with Crippen LogP contribution in [0.1, 0.15) is 12.0 Å². The van der Waals surface area contributed by atoms with Gasteiger partial charge in [0.2, 0.25) is 5.91 Å². The molecule has 25 heavy (non-hydrogen) atoms. The van der Waals surface area contributed by atoms with Gasteiger partial charge in [-0.1, -0.05) is 36.4 Å². The SMILES string of the molecule is CN(Cc1ccccc1)C(=O)CN1CCC(CNc2ccccn2)C1. The largest absolute Gasteiger partial charge is 0.370 e. The average molecular weight is 338 g/mol. The molecular weight excluding hydrogens is 312 g/mol. The van der Waals surface area contributed by atoms with Crippen molar-refractivity contribution in [3.05, 3.63) is 60.3 Å². The van der Waals surface area contributed by atoms with E-state index < -0.39 is 0 Å². The lowest BCUT2D eigenvalue weighted by Crippen LogP contribution is -2.37. The fourth-order valence-corrected chi connectivity index (χ4v) is 3.20. The first-order valence-electron chi connectivity index (χ1n) is 8.86. The zero-order valence-corrected chi connectivity index (χ0v) is 14.8. The molecule has 0 radical (unpaired) electrons. The summed E-state index contributed by atoms with van der Waals surface area (Å²) in [6, 6.07) is 16.0. The van der Waals surface area contributed by atoms with Gasteiger partial charge < -0.3 is 10.2 Å². The Morgan fingerprint density at radius 2 is 2.04 bits per heavy atom. The number of nitrogens with one attached hydrogen (secondary N) is 1. The van der Waals surface area contributed by atoms with Crippen molar-refractivity contribution in [2.24, 2.45) is 5.92 Å². The smallest absolute Gasteiger partial charge is 0.236 e. The first kappa shape index (κ1) is 17.4. The highest BCUT2D eigenvalue weighted by molar-refractivity contribution is 5.78. The van der Waals surface area contributed by atoms with E-state index in [1.165, 1.54) is 0 Å². The van der Waals surface area contributed by atoms with Gasteiger partial charge in [-0.15, -0.1) is 0 Å². The van der Waals surface area contributed by atoms with Gasteiger partial charge in [0.15, 0.2) is 0 Å². The first-order chi connectivity index (χ1) is 12.2. The quantitative estimate of drug-likeness (QED) is 0.843. The summed E-state index contributed by atoms with van der Waals surface area (Å²) < 4.78 is 0. The number of likely N-dealkylation sites (tertiary alicyclic amines) is 1. The molecule has 1 N–H and O–H groups in total. The minimum atomic E-state index is 0.183. The molecule has 0 aliphatic carbocycles. The lowest BCUT2D eigenvalue weighted by Gasteiger charge is -2.22. The minimum absolute atomic E-state index is 0.183. The average Bonchev–Trinajstić information content (AvgIpc) is 3.09. The van der Waals surface area contributed by atoms with Gasteiger partial charge in [-0.3, -0.25) is 9.69 Å². The van der Waals surface area contributed by atoms with Crippen LogP contribution in [0, 0.1) is 5.92 Å². The molecular formula is C20H26N4O. The Bertz CT molecular complexity index is 662. The van der Waals surface area contributed by atoms with Crippen LogP contribution in [-0.4, -0.2) is 53.9 Å². The number of carbonyl (C=O) groups excluding carboxylic acids is 1. The molecule has 1 aliphatic rings. The van der Waals surface area contributed by atoms with Crippen molar-refractivity contribution >= 4 is 11.7 Å². The molecule has 0 spiro atoms. The van der Waals surface area contributed by atoms with Crippen molar-refractivity contribution in [1.29, 1.82) is 0 Å². The number of benzene rings is 1. The van der Waals surface area contributed by atoms with Crippen molar-refractivity contribution in [2.75, 3.05) is 38.5 Å². The maximum atomic E-state index is 12.4. The first-order valence-corrected chi connectivity index (χ1v) is 8.86. The highest BCUT2D eigenvalue weighted by Crippen LogP contribution is 2.17. The van der Waals surface area contributed by atoms with E-state index >= 15 is 0 Å². The molecule has 1 saturated heterocycles. The van der Waals surface area contributed by atoms with Crippen molar-refractivity contribution in [3.8, 4) is 0 Å². The predicted molar refractivity (Wildman–Crippen MR) is 100 cm³/mol. The van der Waals surface area contributed by atoms with Crippen LogP contribution in [0.15, 0.2) is 54.7 Å². The van der Waals surface area contributed by atoms with Gasteiger partial charge in [-0.2, -0.15) is 0 Å². The number of hydrogen-bond donors (Lipinski definition) is 1. The molecule has 5 nitrogen and oxygen atoms in total. The van der Waals surface area contributed by atoms with E-state index in [0.717, 1.165) is 37.4 Å². The second-order valence-corrected chi connectivity index (χ2v) is 6.72. The van der Waals surface area contributed by atoms with Crippen LogP contribution in [0.3, 0.4) is 0 Å². The van der Waals surface area contributed by atoms with Crippen LogP contribution in [0.4, 0.5) is 5.82 Å². The fourth-order valence-electron chi connectivity index (χ4n) is 3.20. The molecule has 1 atom stereocenters. The maximum Gasteiger partial charge on any atom is 0.236 e. The highest BCUT2D eigenvalue weighted by atomic mass is 16.2. The Morgan fingerprint density at radius 1 is 1.24 bits per heavy atom. The number of likely N-dealkylation sites (N-methyl/N-ethyl adjacent to an activating group) is 1. The third kappa shape index (κ3) is 5.29. The second-order valence-electron chi connectivity index (χ2n) is 6.72. The zero-order valence-electron chi connectivity index (χ0n) is 14.8. The molecule has 3 rings (SSSR count). The third-order valence-corrected chi connectivity index (χ3v) is 4.65. The maximum absolute atomic E-state index is 12.4. The van der Waals surface area contributed by atoms with Gasteiger partial charge in [-0.25, -0.2) is 4.98 Å². The van der Waals surface area contributed by atoms with Crippen molar-refractivity contribution in [2.45, 2.75) is 13.0 Å². The topological polar surface area (TPSA) is 48.5 Å².